The van der Waals surface area contributed by atoms with E-state index in [1.807, 2.05) is 55.4 Å². The van der Waals surface area contributed by atoms with E-state index in [-0.39, 0.29) is 29.2 Å². The van der Waals surface area contributed by atoms with Gasteiger partial charge < -0.3 is 113 Å². The number of carbonyl (C=O) groups is 14. The summed E-state index contributed by atoms with van der Waals surface area (Å²) in [6.45, 7) is 29.8. The predicted molar refractivity (Wildman–Crippen MR) is 406 cm³/mol. The Hall–Kier alpha value is -6.34. The first-order valence-electron chi connectivity index (χ1n) is 33.8. The number of rotatable bonds is 36. The molecule has 0 radical (unpaired) electrons. The van der Waals surface area contributed by atoms with Crippen LogP contribution in [-0.2, 0) is 86.1 Å². The fraction of sp³-hybridized carbons (Fsp3) is 0.781. The molecular weight excluding hydrogens is 1450 g/mol. The number of hydrogen-bond donors (Lipinski definition) is 18. The highest BCUT2D eigenvalue weighted by molar-refractivity contribution is 7.99. The Morgan fingerprint density at radius 2 is 0.433 bits per heavy atom. The van der Waals surface area contributed by atoms with Gasteiger partial charge in [0.15, 0.2) is 0 Å². The Kier molecular flexibility index (Phi) is 84.9. The lowest BCUT2D eigenvalue weighted by atomic mass is 10.1. The van der Waals surface area contributed by atoms with Crippen molar-refractivity contribution in [2.45, 2.75) is 194 Å². The van der Waals surface area contributed by atoms with Gasteiger partial charge in [-0.2, -0.15) is 47.0 Å². The van der Waals surface area contributed by atoms with Crippen molar-refractivity contribution in [2.75, 3.05) is 129 Å². The fourth-order valence-corrected chi connectivity index (χ4v) is 8.14. The maximum atomic E-state index is 11.9. The third-order valence-electron chi connectivity index (χ3n) is 12.3. The highest BCUT2D eigenvalue weighted by Gasteiger charge is 2.30. The monoisotopic (exact) mass is 1580 g/mol. The zero-order valence-electron chi connectivity index (χ0n) is 64.4. The van der Waals surface area contributed by atoms with Crippen LogP contribution in [0.4, 0.5) is 0 Å². The summed E-state index contributed by atoms with van der Waals surface area (Å²) in [6.07, 6.45) is 10.7. The molecule has 4 rings (SSSR count). The second kappa shape index (κ2) is 77.8. The van der Waals surface area contributed by atoms with Gasteiger partial charge in [0.1, 0.15) is 42.3 Å². The van der Waals surface area contributed by atoms with Gasteiger partial charge in [0.25, 0.3) is 0 Å². The summed E-state index contributed by atoms with van der Waals surface area (Å²) in [4.78, 5) is 158. The second-order valence-electron chi connectivity index (χ2n) is 20.3. The molecule has 4 aliphatic rings. The van der Waals surface area contributed by atoms with Gasteiger partial charge in [-0.3, -0.25) is 47.9 Å². The van der Waals surface area contributed by atoms with Gasteiger partial charge in [0, 0.05) is 75.9 Å². The molecule has 612 valence electrons. The van der Waals surface area contributed by atoms with Crippen molar-refractivity contribution in [1.82, 2.24) is 58.5 Å². The van der Waals surface area contributed by atoms with Crippen LogP contribution in [-0.4, -0.2) is 314 Å². The molecule has 0 aromatic carbocycles. The van der Waals surface area contributed by atoms with Crippen molar-refractivity contribution in [3.05, 3.63) is 0 Å². The van der Waals surface area contributed by atoms with E-state index in [1.165, 1.54) is 115 Å². The molecule has 18 N–H and O–H groups in total. The van der Waals surface area contributed by atoms with Crippen LogP contribution in [0.1, 0.15) is 128 Å². The molecular formula is C64H127N11O25S4. The minimum atomic E-state index is -1.17. The summed E-state index contributed by atoms with van der Waals surface area (Å²) in [7, 11) is 5.93. The molecule has 40 heteroatoms. The summed E-state index contributed by atoms with van der Waals surface area (Å²) in [5.41, 5.74) is 0. The number of carboxylic acids is 7. The van der Waals surface area contributed by atoms with Crippen molar-refractivity contribution in [1.29, 1.82) is 0 Å². The number of amides is 7. The van der Waals surface area contributed by atoms with Gasteiger partial charge in [0.2, 0.25) is 41.4 Å². The topological polar surface area (TPSA) is 550 Å². The average molecular weight is 1580 g/mol. The van der Waals surface area contributed by atoms with Crippen LogP contribution in [0.25, 0.3) is 0 Å². The molecule has 104 heavy (non-hydrogen) atoms. The number of thioether (sulfide) groups is 4. The first kappa shape index (κ1) is 114. The lowest BCUT2D eigenvalue weighted by Gasteiger charge is -2.20. The molecule has 0 aromatic rings. The Balaban J connectivity index is -0.000000178. The molecule has 0 bridgehead atoms. The van der Waals surface area contributed by atoms with Crippen LogP contribution in [0, 0.1) is 0 Å². The third-order valence-corrected chi connectivity index (χ3v) is 15.0. The molecule has 0 spiro atoms. The number of likely N-dealkylation sites (N-methyl/N-ethyl adjacent to an activating group) is 4. The molecule has 4 unspecified atom stereocenters. The Labute approximate surface area is 631 Å². The Morgan fingerprint density at radius 3 is 0.538 bits per heavy atom. The summed E-state index contributed by atoms with van der Waals surface area (Å²) in [5.74, 6) is -11.2. The van der Waals surface area contributed by atoms with Crippen LogP contribution < -0.4 is 58.5 Å². The quantitative estimate of drug-likeness (QED) is 0.0411. The Bertz CT molecular complexity index is 2100. The minimum Gasteiger partial charge on any atom is -0.481 e. The maximum absolute atomic E-state index is 11.9. The molecule has 11 atom stereocenters. The number of carboxylic acid groups (broad SMARTS) is 7. The number of carbonyl (C=O) groups excluding carboxylic acids is 7. The number of nitrogens with one attached hydrogen (secondary N) is 11. The molecule has 0 aromatic heterocycles. The zero-order valence-corrected chi connectivity index (χ0v) is 67.7. The van der Waals surface area contributed by atoms with Gasteiger partial charge in [-0.1, -0.05) is 55.4 Å². The van der Waals surface area contributed by atoms with Crippen LogP contribution >= 0.6 is 47.0 Å². The fourth-order valence-electron chi connectivity index (χ4n) is 5.90. The van der Waals surface area contributed by atoms with Crippen molar-refractivity contribution < 1.29 is 122 Å². The van der Waals surface area contributed by atoms with Crippen molar-refractivity contribution in [3.63, 3.8) is 0 Å². The zero-order chi connectivity index (χ0) is 82.3. The first-order chi connectivity index (χ1) is 49.2. The summed E-state index contributed by atoms with van der Waals surface area (Å²) < 4.78 is 18.9. The van der Waals surface area contributed by atoms with Crippen LogP contribution in [0.5, 0.6) is 0 Å². The maximum Gasteiger partial charge on any atom is 0.327 e. The standard InChI is InChI=1S/3C12H21N3O6S.C8H16N2O3S.4C3H6O.4C2H6/c3*1-6(10(18)15-8(5-22-3)12(20)21)14-11(19)7(13-2)4-9(16)17;1-5(9-2)7(11)10-6(4-14-3)8(12)13;4*1-2-4-3-1;4*1-2/h3*6-8,13H,4-5H2,1-3H3,(H,14,19)(H,15,18)(H,16,17)(H,20,21);5-6,9H,4H2,1-3H3,(H,10,11)(H,12,13);4*1-3H2;4*1-2H3/t2*6?,7-,8+;6?,7-,8-;5?,6-;;;;;;;;/m1011......../s1. The lowest BCUT2D eigenvalue weighted by Crippen LogP contribution is -2.54. The van der Waals surface area contributed by atoms with E-state index in [0.29, 0.717) is 5.75 Å². The predicted octanol–water partition coefficient (Wildman–Crippen LogP) is 0.717. The lowest BCUT2D eigenvalue weighted by molar-refractivity contribution is -0.142. The third kappa shape index (κ3) is 66.4. The van der Waals surface area contributed by atoms with E-state index in [9.17, 15) is 67.1 Å². The number of aliphatic carboxylic acids is 7. The van der Waals surface area contributed by atoms with E-state index in [1.54, 1.807) is 39.0 Å². The van der Waals surface area contributed by atoms with Crippen LogP contribution in [0.15, 0.2) is 0 Å². The average Bonchev–Trinajstić information content (AvgIpc) is 0.917. The summed E-state index contributed by atoms with van der Waals surface area (Å²) >= 11 is 5.17. The summed E-state index contributed by atoms with van der Waals surface area (Å²) in [5, 5.41) is 88.4. The molecule has 4 heterocycles. The van der Waals surface area contributed by atoms with Crippen molar-refractivity contribution in [3.8, 4) is 0 Å². The highest BCUT2D eigenvalue weighted by atomic mass is 32.2. The number of hydrogen-bond acceptors (Lipinski definition) is 26. The molecule has 0 aliphatic carbocycles. The second-order valence-corrected chi connectivity index (χ2v) is 23.9. The number of ether oxygens (including phenoxy) is 4. The van der Waals surface area contributed by atoms with Gasteiger partial charge in [-0.25, -0.2) is 19.2 Å². The van der Waals surface area contributed by atoms with Gasteiger partial charge in [-0.15, -0.1) is 0 Å². The van der Waals surface area contributed by atoms with Gasteiger partial charge in [0.05, 0.1) is 43.4 Å². The Morgan fingerprint density at radius 1 is 0.279 bits per heavy atom. The largest absolute Gasteiger partial charge is 0.481 e. The highest BCUT2D eigenvalue weighted by Crippen LogP contribution is 2.04. The molecule has 36 nitrogen and oxygen atoms in total. The summed E-state index contributed by atoms with van der Waals surface area (Å²) in [6, 6.07) is -10.2. The molecule has 4 saturated heterocycles. The normalized spacial score (nSPS) is 15.1. The van der Waals surface area contributed by atoms with Gasteiger partial charge in [-0.05, 0) is 107 Å². The van der Waals surface area contributed by atoms with Crippen molar-refractivity contribution in [2.24, 2.45) is 0 Å². The molecule has 7 amide bonds. The van der Waals surface area contributed by atoms with E-state index < -0.39 is 157 Å². The molecule has 0 saturated carbocycles. The van der Waals surface area contributed by atoms with Crippen LogP contribution in [0.2, 0.25) is 0 Å². The van der Waals surface area contributed by atoms with E-state index >= 15 is 0 Å². The van der Waals surface area contributed by atoms with E-state index in [0.717, 1.165) is 52.9 Å². The molecule has 4 aliphatic heterocycles. The smallest absolute Gasteiger partial charge is 0.327 e. The molecule has 4 fully saturated rings. The van der Waals surface area contributed by atoms with Gasteiger partial charge >= 0.3 is 41.8 Å². The van der Waals surface area contributed by atoms with E-state index in [4.69, 9.17) is 54.7 Å². The first-order valence-corrected chi connectivity index (χ1v) is 39.4. The van der Waals surface area contributed by atoms with Crippen LogP contribution in [0.3, 0.4) is 0 Å². The SMILES string of the molecule is C1COC1.C1COC1.C1COC1.C1COC1.CC.CC.CC.CC.CNC(C)C(=O)N[C@H](CSC)C(=O)O.CN[C@@H](CC(=O)O)C(=O)NC(C)C(=O)N[C@H](CSC)C(=O)O.CN[C@H](CC(=O)O)C(=O)NC(C)C(=O)N[C@@H](CSC)C(=O)O.CN[C@H](CC(=O)O)C(=O)NC(C)C(=O)N[C@H](CSC)C(=O)O. The van der Waals surface area contributed by atoms with Crippen molar-refractivity contribution >= 4 is 130 Å². The van der Waals surface area contributed by atoms with E-state index in [2.05, 4.69) is 58.5 Å². The minimum absolute atomic E-state index is 0.194.